The fourth-order valence-corrected chi connectivity index (χ4v) is 4.36. The summed E-state index contributed by atoms with van der Waals surface area (Å²) in [5.74, 6) is -1.79. The van der Waals surface area contributed by atoms with Crippen LogP contribution >= 0.6 is 11.3 Å². The molecule has 2 N–H and O–H groups in total. The Hall–Kier alpha value is -1.81. The minimum Gasteiger partial charge on any atom is -0.477 e. The highest BCUT2D eigenvalue weighted by Crippen LogP contribution is 2.26. The molecule has 0 aliphatic carbocycles. The molecule has 0 aliphatic heterocycles. The first-order valence-corrected chi connectivity index (χ1v) is 8.76. The van der Waals surface area contributed by atoms with E-state index < -0.39 is 27.9 Å². The van der Waals surface area contributed by atoms with E-state index in [1.165, 1.54) is 30.6 Å². The van der Waals surface area contributed by atoms with Crippen molar-refractivity contribution in [2.75, 3.05) is 13.6 Å². The monoisotopic (exact) mass is 359 g/mol. The Morgan fingerprint density at radius 1 is 1.30 bits per heavy atom. The second-order valence-electron chi connectivity index (χ2n) is 4.77. The number of sulfonamides is 1. The number of hydrogen-bond acceptors (Lipinski definition) is 5. The molecule has 1 aromatic heterocycles. The van der Waals surface area contributed by atoms with Gasteiger partial charge in [0.15, 0.2) is 0 Å². The van der Waals surface area contributed by atoms with E-state index in [1.54, 1.807) is 0 Å². The van der Waals surface area contributed by atoms with Crippen molar-refractivity contribution in [3.8, 4) is 0 Å². The van der Waals surface area contributed by atoms with Gasteiger partial charge in [0, 0.05) is 13.6 Å². The van der Waals surface area contributed by atoms with Crippen LogP contribution in [0.5, 0.6) is 0 Å². The summed E-state index contributed by atoms with van der Waals surface area (Å²) in [6.07, 6.45) is -1.16. The normalized spacial score (nSPS) is 13.2. The summed E-state index contributed by atoms with van der Waals surface area (Å²) in [4.78, 5) is 10.5. The number of aliphatic hydroxyl groups excluding tert-OH is 1. The number of aliphatic hydroxyl groups is 1. The number of likely N-dealkylation sites (N-methyl/N-ethyl adjacent to an activating group) is 1. The third-order valence-corrected chi connectivity index (χ3v) is 6.09. The highest BCUT2D eigenvalue weighted by Gasteiger charge is 2.29. The van der Waals surface area contributed by atoms with E-state index in [4.69, 9.17) is 5.11 Å². The van der Waals surface area contributed by atoms with Crippen molar-refractivity contribution in [3.63, 3.8) is 0 Å². The molecule has 1 aromatic carbocycles. The molecule has 0 radical (unpaired) electrons. The number of thiophene rings is 1. The minimum atomic E-state index is -4.05. The molecule has 1 unspecified atom stereocenters. The molecule has 0 amide bonds. The summed E-state index contributed by atoms with van der Waals surface area (Å²) >= 11 is 0.809. The molecule has 2 rings (SSSR count). The molecule has 0 fully saturated rings. The SMILES string of the molecule is CN(CC(O)c1ccc(F)cc1)S(=O)(=O)c1ccsc1C(=O)O. The van der Waals surface area contributed by atoms with Gasteiger partial charge in [-0.1, -0.05) is 12.1 Å². The molecule has 0 saturated carbocycles. The molecule has 124 valence electrons. The van der Waals surface area contributed by atoms with E-state index >= 15 is 0 Å². The van der Waals surface area contributed by atoms with Crippen molar-refractivity contribution in [2.45, 2.75) is 11.0 Å². The fourth-order valence-electron chi connectivity index (χ4n) is 1.96. The summed E-state index contributed by atoms with van der Waals surface area (Å²) in [5, 5.41) is 20.5. The van der Waals surface area contributed by atoms with Crippen LogP contribution in [0, 0.1) is 5.82 Å². The lowest BCUT2D eigenvalue weighted by atomic mass is 10.1. The third-order valence-electron chi connectivity index (χ3n) is 3.20. The van der Waals surface area contributed by atoms with Gasteiger partial charge in [0.2, 0.25) is 10.0 Å². The molecule has 0 bridgehead atoms. The molecule has 1 atom stereocenters. The predicted octanol–water partition coefficient (Wildman–Crippen LogP) is 1.94. The van der Waals surface area contributed by atoms with Crippen LogP contribution in [0.1, 0.15) is 21.3 Å². The summed E-state index contributed by atoms with van der Waals surface area (Å²) in [6.45, 7) is -0.289. The van der Waals surface area contributed by atoms with Gasteiger partial charge in [0.05, 0.1) is 6.10 Å². The van der Waals surface area contributed by atoms with Gasteiger partial charge in [-0.25, -0.2) is 17.6 Å². The van der Waals surface area contributed by atoms with Crippen molar-refractivity contribution in [3.05, 3.63) is 52.0 Å². The maximum Gasteiger partial charge on any atom is 0.347 e. The zero-order valence-corrected chi connectivity index (χ0v) is 13.6. The van der Waals surface area contributed by atoms with E-state index in [0.29, 0.717) is 5.56 Å². The van der Waals surface area contributed by atoms with Crippen molar-refractivity contribution in [2.24, 2.45) is 0 Å². The number of halogens is 1. The van der Waals surface area contributed by atoms with Gasteiger partial charge in [-0.05, 0) is 29.1 Å². The van der Waals surface area contributed by atoms with Crippen LogP contribution in [0.3, 0.4) is 0 Å². The first kappa shape index (κ1) is 17.5. The summed E-state index contributed by atoms with van der Waals surface area (Å²) in [5.41, 5.74) is 0.359. The number of hydrogen-bond donors (Lipinski definition) is 2. The van der Waals surface area contributed by atoms with Gasteiger partial charge in [0.25, 0.3) is 0 Å². The van der Waals surface area contributed by atoms with Gasteiger partial charge in [-0.3, -0.25) is 0 Å². The number of benzene rings is 1. The Kier molecular flexibility index (Phi) is 5.15. The van der Waals surface area contributed by atoms with Crippen LogP contribution in [0.4, 0.5) is 4.39 Å². The fraction of sp³-hybridized carbons (Fsp3) is 0.214. The van der Waals surface area contributed by atoms with E-state index in [9.17, 15) is 22.7 Å². The van der Waals surface area contributed by atoms with Crippen LogP contribution in [-0.4, -0.2) is 42.5 Å². The Morgan fingerprint density at radius 2 is 1.91 bits per heavy atom. The summed E-state index contributed by atoms with van der Waals surface area (Å²) in [7, 11) is -2.81. The standard InChI is InChI=1S/C14H14FNO5S2/c1-16(8-11(17)9-2-4-10(15)5-3-9)23(20,21)12-6-7-22-13(12)14(18)19/h2-7,11,17H,8H2,1H3,(H,18,19). The molecule has 1 heterocycles. The van der Waals surface area contributed by atoms with E-state index in [2.05, 4.69) is 0 Å². The smallest absolute Gasteiger partial charge is 0.347 e. The Morgan fingerprint density at radius 3 is 2.48 bits per heavy atom. The molecule has 0 saturated heterocycles. The van der Waals surface area contributed by atoms with Crippen LogP contribution in [0.15, 0.2) is 40.6 Å². The van der Waals surface area contributed by atoms with E-state index in [0.717, 1.165) is 27.8 Å². The summed E-state index contributed by atoms with van der Waals surface area (Å²) in [6, 6.07) is 6.24. The number of carboxylic acids is 1. The van der Waals surface area contributed by atoms with Gasteiger partial charge in [-0.15, -0.1) is 11.3 Å². The van der Waals surface area contributed by atoms with Gasteiger partial charge < -0.3 is 10.2 Å². The van der Waals surface area contributed by atoms with E-state index in [1.807, 2.05) is 0 Å². The number of carboxylic acid groups (broad SMARTS) is 1. The second kappa shape index (κ2) is 6.75. The molecule has 2 aromatic rings. The first-order valence-electron chi connectivity index (χ1n) is 6.44. The predicted molar refractivity (Wildman–Crippen MR) is 82.5 cm³/mol. The number of rotatable bonds is 6. The summed E-state index contributed by atoms with van der Waals surface area (Å²) < 4.78 is 38.6. The van der Waals surface area contributed by atoms with Crippen LogP contribution in [-0.2, 0) is 10.0 Å². The number of nitrogens with zero attached hydrogens (tertiary/aromatic N) is 1. The lowest BCUT2D eigenvalue weighted by Crippen LogP contribution is -2.31. The third kappa shape index (κ3) is 3.75. The average Bonchev–Trinajstić information content (AvgIpc) is 2.98. The van der Waals surface area contributed by atoms with Crippen molar-refractivity contribution < 1.29 is 27.8 Å². The maximum absolute atomic E-state index is 12.9. The number of carbonyl (C=O) groups is 1. The maximum atomic E-state index is 12.9. The van der Waals surface area contributed by atoms with Crippen molar-refractivity contribution >= 4 is 27.3 Å². The van der Waals surface area contributed by atoms with Crippen LogP contribution in [0.2, 0.25) is 0 Å². The van der Waals surface area contributed by atoms with Gasteiger partial charge in [0.1, 0.15) is 15.6 Å². The second-order valence-corrected chi connectivity index (χ2v) is 7.70. The topological polar surface area (TPSA) is 94.9 Å². The van der Waals surface area contributed by atoms with Crippen molar-refractivity contribution in [1.82, 2.24) is 4.31 Å². The largest absolute Gasteiger partial charge is 0.477 e. The highest BCUT2D eigenvalue weighted by molar-refractivity contribution is 7.89. The Labute approximate surface area is 136 Å². The molecular formula is C14H14FNO5S2. The molecular weight excluding hydrogens is 345 g/mol. The lowest BCUT2D eigenvalue weighted by Gasteiger charge is -2.20. The van der Waals surface area contributed by atoms with Crippen molar-refractivity contribution in [1.29, 1.82) is 0 Å². The molecule has 0 aliphatic rings. The Balaban J connectivity index is 2.21. The zero-order chi connectivity index (χ0) is 17.2. The quantitative estimate of drug-likeness (QED) is 0.822. The molecule has 0 spiro atoms. The van der Waals surface area contributed by atoms with Crippen LogP contribution in [0.25, 0.3) is 0 Å². The van der Waals surface area contributed by atoms with E-state index in [-0.39, 0.29) is 16.3 Å². The lowest BCUT2D eigenvalue weighted by molar-refractivity contribution is 0.0698. The van der Waals surface area contributed by atoms with Gasteiger partial charge in [-0.2, -0.15) is 4.31 Å². The highest BCUT2D eigenvalue weighted by atomic mass is 32.2. The van der Waals surface area contributed by atoms with Gasteiger partial charge >= 0.3 is 5.97 Å². The molecule has 9 heteroatoms. The first-order chi connectivity index (χ1) is 10.7. The Bertz CT molecular complexity index is 801. The minimum absolute atomic E-state index is 0.284. The molecule has 6 nitrogen and oxygen atoms in total. The van der Waals surface area contributed by atoms with Crippen LogP contribution < -0.4 is 0 Å². The molecule has 23 heavy (non-hydrogen) atoms. The number of aromatic carboxylic acids is 1. The zero-order valence-electron chi connectivity index (χ0n) is 12.0. The average molecular weight is 359 g/mol.